The molecule has 0 fully saturated rings. The molecule has 0 radical (unpaired) electrons. The first-order valence-electron chi connectivity index (χ1n) is 4.90. The molecular formula is C11H15N3. The summed E-state index contributed by atoms with van der Waals surface area (Å²) in [4.78, 5) is 3.99. The molecular weight excluding hydrogens is 174 g/mol. The van der Waals surface area contributed by atoms with Gasteiger partial charge < -0.3 is 5.73 Å². The standard InChI is InChI=1S/C11H15N3/c1-2-3-6-10(13)9-5-4-7-14-11(9)8-12/h4-5,7,10H,2-3,6,13H2,1H3/t10-/m1/s1. The molecule has 74 valence electrons. The van der Waals surface area contributed by atoms with Crippen molar-refractivity contribution in [3.8, 4) is 6.07 Å². The summed E-state index contributed by atoms with van der Waals surface area (Å²) in [5.74, 6) is 0. The van der Waals surface area contributed by atoms with Gasteiger partial charge in [0.2, 0.25) is 0 Å². The van der Waals surface area contributed by atoms with E-state index in [4.69, 9.17) is 11.0 Å². The van der Waals surface area contributed by atoms with Crippen LogP contribution < -0.4 is 5.73 Å². The first kappa shape index (κ1) is 10.7. The predicted molar refractivity (Wildman–Crippen MR) is 55.4 cm³/mol. The van der Waals surface area contributed by atoms with Crippen LogP contribution in [0.4, 0.5) is 0 Å². The second-order valence-electron chi connectivity index (χ2n) is 3.30. The molecule has 1 heterocycles. The van der Waals surface area contributed by atoms with Crippen LogP contribution in [0, 0.1) is 11.3 Å². The van der Waals surface area contributed by atoms with Gasteiger partial charge in [0, 0.05) is 17.8 Å². The zero-order valence-corrected chi connectivity index (χ0v) is 8.40. The number of unbranched alkanes of at least 4 members (excludes halogenated alkanes) is 1. The number of pyridine rings is 1. The molecule has 0 aliphatic heterocycles. The molecule has 2 N–H and O–H groups in total. The van der Waals surface area contributed by atoms with Crippen molar-refractivity contribution in [2.75, 3.05) is 0 Å². The van der Waals surface area contributed by atoms with Crippen LogP contribution in [0.1, 0.15) is 43.5 Å². The monoisotopic (exact) mass is 189 g/mol. The molecule has 1 aromatic rings. The van der Waals surface area contributed by atoms with Gasteiger partial charge >= 0.3 is 0 Å². The summed E-state index contributed by atoms with van der Waals surface area (Å²) in [6.07, 6.45) is 4.74. The predicted octanol–water partition coefficient (Wildman–Crippen LogP) is 2.14. The first-order chi connectivity index (χ1) is 6.79. The van der Waals surface area contributed by atoms with Gasteiger partial charge in [0.25, 0.3) is 0 Å². The maximum Gasteiger partial charge on any atom is 0.145 e. The molecule has 0 unspecified atom stereocenters. The van der Waals surface area contributed by atoms with Crippen LogP contribution in [0.3, 0.4) is 0 Å². The average Bonchev–Trinajstić information content (AvgIpc) is 2.25. The molecule has 0 spiro atoms. The third-order valence-electron chi connectivity index (χ3n) is 2.21. The SMILES string of the molecule is CCCC[C@@H](N)c1cccnc1C#N. The maximum absolute atomic E-state index is 8.82. The third-order valence-corrected chi connectivity index (χ3v) is 2.21. The van der Waals surface area contributed by atoms with Crippen molar-refractivity contribution >= 4 is 0 Å². The molecule has 1 rings (SSSR count). The Morgan fingerprint density at radius 3 is 3.07 bits per heavy atom. The molecule has 3 nitrogen and oxygen atoms in total. The van der Waals surface area contributed by atoms with Gasteiger partial charge in [-0.25, -0.2) is 4.98 Å². The highest BCUT2D eigenvalue weighted by molar-refractivity contribution is 5.32. The van der Waals surface area contributed by atoms with E-state index in [2.05, 4.69) is 18.0 Å². The van der Waals surface area contributed by atoms with Crippen LogP contribution in [0.2, 0.25) is 0 Å². The van der Waals surface area contributed by atoms with Gasteiger partial charge in [0.05, 0.1) is 0 Å². The van der Waals surface area contributed by atoms with Crippen molar-refractivity contribution in [3.05, 3.63) is 29.6 Å². The molecule has 0 saturated heterocycles. The van der Waals surface area contributed by atoms with Crippen LogP contribution in [-0.2, 0) is 0 Å². The van der Waals surface area contributed by atoms with Gasteiger partial charge in [-0.2, -0.15) is 5.26 Å². The fourth-order valence-corrected chi connectivity index (χ4v) is 1.39. The van der Waals surface area contributed by atoms with Crippen molar-refractivity contribution in [2.24, 2.45) is 5.73 Å². The highest BCUT2D eigenvalue weighted by Gasteiger charge is 2.10. The Morgan fingerprint density at radius 2 is 2.43 bits per heavy atom. The van der Waals surface area contributed by atoms with Crippen molar-refractivity contribution < 1.29 is 0 Å². The lowest BCUT2D eigenvalue weighted by molar-refractivity contribution is 0.600. The van der Waals surface area contributed by atoms with E-state index >= 15 is 0 Å². The minimum Gasteiger partial charge on any atom is -0.324 e. The Hall–Kier alpha value is -1.40. The second kappa shape index (κ2) is 5.36. The van der Waals surface area contributed by atoms with Crippen molar-refractivity contribution in [3.63, 3.8) is 0 Å². The number of nitrogens with two attached hydrogens (primary N) is 1. The van der Waals surface area contributed by atoms with Gasteiger partial charge in [0.1, 0.15) is 11.8 Å². The summed E-state index contributed by atoms with van der Waals surface area (Å²) >= 11 is 0. The quantitative estimate of drug-likeness (QED) is 0.789. The molecule has 0 bridgehead atoms. The summed E-state index contributed by atoms with van der Waals surface area (Å²) < 4.78 is 0. The zero-order chi connectivity index (χ0) is 10.4. The largest absolute Gasteiger partial charge is 0.324 e. The van der Waals surface area contributed by atoms with Gasteiger partial charge in [-0.3, -0.25) is 0 Å². The number of nitriles is 1. The van der Waals surface area contributed by atoms with E-state index < -0.39 is 0 Å². The van der Waals surface area contributed by atoms with Gasteiger partial charge in [-0.1, -0.05) is 25.8 Å². The first-order valence-corrected chi connectivity index (χ1v) is 4.90. The fourth-order valence-electron chi connectivity index (χ4n) is 1.39. The molecule has 0 saturated carbocycles. The van der Waals surface area contributed by atoms with Crippen LogP contribution in [0.15, 0.2) is 18.3 Å². The van der Waals surface area contributed by atoms with Crippen molar-refractivity contribution in [1.29, 1.82) is 5.26 Å². The van der Waals surface area contributed by atoms with Gasteiger partial charge in [-0.15, -0.1) is 0 Å². The topological polar surface area (TPSA) is 62.7 Å². The van der Waals surface area contributed by atoms with E-state index in [0.29, 0.717) is 5.69 Å². The van der Waals surface area contributed by atoms with E-state index in [1.165, 1.54) is 0 Å². The molecule has 1 aromatic heterocycles. The third kappa shape index (κ3) is 2.54. The average molecular weight is 189 g/mol. The normalized spacial score (nSPS) is 12.1. The second-order valence-corrected chi connectivity index (χ2v) is 3.30. The summed E-state index contributed by atoms with van der Waals surface area (Å²) in [6, 6.07) is 5.71. The zero-order valence-electron chi connectivity index (χ0n) is 8.40. The van der Waals surface area contributed by atoms with E-state index in [0.717, 1.165) is 24.8 Å². The van der Waals surface area contributed by atoms with Crippen molar-refractivity contribution in [1.82, 2.24) is 4.98 Å². The number of aromatic nitrogens is 1. The van der Waals surface area contributed by atoms with Gasteiger partial charge in [-0.05, 0) is 12.5 Å². The lowest BCUT2D eigenvalue weighted by atomic mass is 10.0. The van der Waals surface area contributed by atoms with Crippen LogP contribution in [0.5, 0.6) is 0 Å². The Labute approximate surface area is 84.6 Å². The Morgan fingerprint density at radius 1 is 1.64 bits per heavy atom. The number of hydrogen-bond donors (Lipinski definition) is 1. The fraction of sp³-hybridized carbons (Fsp3) is 0.455. The molecule has 0 aliphatic rings. The minimum atomic E-state index is -0.0571. The molecule has 1 atom stereocenters. The van der Waals surface area contributed by atoms with Crippen LogP contribution in [-0.4, -0.2) is 4.98 Å². The minimum absolute atomic E-state index is 0.0571. The highest BCUT2D eigenvalue weighted by Crippen LogP contribution is 2.18. The van der Waals surface area contributed by atoms with E-state index in [1.807, 2.05) is 12.1 Å². The highest BCUT2D eigenvalue weighted by atomic mass is 14.7. The van der Waals surface area contributed by atoms with Crippen LogP contribution in [0.25, 0.3) is 0 Å². The van der Waals surface area contributed by atoms with E-state index in [1.54, 1.807) is 6.20 Å². The Balaban J connectivity index is 2.79. The molecule has 3 heteroatoms. The smallest absolute Gasteiger partial charge is 0.145 e. The molecule has 0 aliphatic carbocycles. The summed E-state index contributed by atoms with van der Waals surface area (Å²) in [5, 5.41) is 8.82. The Kier molecular flexibility index (Phi) is 4.09. The number of hydrogen-bond acceptors (Lipinski definition) is 3. The molecule has 0 aromatic carbocycles. The van der Waals surface area contributed by atoms with Gasteiger partial charge in [0.15, 0.2) is 0 Å². The lowest BCUT2D eigenvalue weighted by Crippen LogP contribution is -2.12. The maximum atomic E-state index is 8.82. The Bertz CT molecular complexity index is 328. The molecule has 0 amide bonds. The molecule has 14 heavy (non-hydrogen) atoms. The summed E-state index contributed by atoms with van der Waals surface area (Å²) in [5.41, 5.74) is 7.29. The number of nitrogens with zero attached hydrogens (tertiary/aromatic N) is 2. The summed E-state index contributed by atoms with van der Waals surface area (Å²) in [7, 11) is 0. The van der Waals surface area contributed by atoms with E-state index in [9.17, 15) is 0 Å². The van der Waals surface area contributed by atoms with Crippen LogP contribution >= 0.6 is 0 Å². The number of rotatable bonds is 4. The van der Waals surface area contributed by atoms with E-state index in [-0.39, 0.29) is 6.04 Å². The van der Waals surface area contributed by atoms with Crippen molar-refractivity contribution in [2.45, 2.75) is 32.2 Å². The lowest BCUT2D eigenvalue weighted by Gasteiger charge is -2.11. The summed E-state index contributed by atoms with van der Waals surface area (Å²) in [6.45, 7) is 2.13.